The highest BCUT2D eigenvalue weighted by atomic mass is 35.5. The van der Waals surface area contributed by atoms with Gasteiger partial charge in [-0.1, -0.05) is 25.4 Å². The monoisotopic (exact) mass is 280 g/mol. The van der Waals surface area contributed by atoms with Gasteiger partial charge in [0, 0.05) is 12.4 Å². The van der Waals surface area contributed by atoms with Crippen molar-refractivity contribution in [2.24, 2.45) is 29.4 Å². The van der Waals surface area contributed by atoms with Crippen molar-refractivity contribution in [3.8, 4) is 0 Å². The standard InChI is InChI=1S/C16H25ClN2/c1-11(2)12-3-4-14(9-18)15(7-12)8-13-5-6-19-10-16(13)17/h5-6,10-12,14-15H,3-4,7-9,18H2,1-2H3. The first kappa shape index (κ1) is 14.8. The highest BCUT2D eigenvalue weighted by molar-refractivity contribution is 6.31. The number of nitrogens with zero attached hydrogens (tertiary/aromatic N) is 1. The molecule has 2 rings (SSSR count). The third kappa shape index (κ3) is 3.70. The largest absolute Gasteiger partial charge is 0.330 e. The molecule has 0 aliphatic heterocycles. The molecule has 106 valence electrons. The highest BCUT2D eigenvalue weighted by Gasteiger charge is 2.31. The van der Waals surface area contributed by atoms with Crippen molar-refractivity contribution in [1.29, 1.82) is 0 Å². The number of aromatic nitrogens is 1. The molecule has 0 spiro atoms. The second-order valence-corrected chi connectivity index (χ2v) is 6.65. The molecule has 1 aromatic heterocycles. The van der Waals surface area contributed by atoms with Crippen LogP contribution in [-0.2, 0) is 6.42 Å². The molecule has 2 N–H and O–H groups in total. The number of hydrogen-bond acceptors (Lipinski definition) is 2. The smallest absolute Gasteiger partial charge is 0.0621 e. The van der Waals surface area contributed by atoms with E-state index in [0.717, 1.165) is 29.8 Å². The molecule has 0 amide bonds. The summed E-state index contributed by atoms with van der Waals surface area (Å²) in [7, 11) is 0. The van der Waals surface area contributed by atoms with E-state index in [1.165, 1.54) is 24.8 Å². The summed E-state index contributed by atoms with van der Waals surface area (Å²) in [5.41, 5.74) is 7.19. The molecular formula is C16H25ClN2. The van der Waals surface area contributed by atoms with Crippen molar-refractivity contribution in [3.05, 3.63) is 29.0 Å². The van der Waals surface area contributed by atoms with E-state index < -0.39 is 0 Å². The number of rotatable bonds is 4. The first-order valence-electron chi connectivity index (χ1n) is 7.40. The lowest BCUT2D eigenvalue weighted by atomic mass is 9.69. The summed E-state index contributed by atoms with van der Waals surface area (Å²) in [6.07, 6.45) is 8.52. The molecular weight excluding hydrogens is 256 g/mol. The van der Waals surface area contributed by atoms with Crippen molar-refractivity contribution in [1.82, 2.24) is 4.98 Å². The Hall–Kier alpha value is -0.600. The predicted molar refractivity (Wildman–Crippen MR) is 81.2 cm³/mol. The van der Waals surface area contributed by atoms with Gasteiger partial charge in [-0.3, -0.25) is 4.98 Å². The van der Waals surface area contributed by atoms with E-state index in [4.69, 9.17) is 17.3 Å². The normalized spacial score (nSPS) is 27.7. The molecule has 1 aromatic rings. The lowest BCUT2D eigenvalue weighted by molar-refractivity contribution is 0.151. The van der Waals surface area contributed by atoms with Gasteiger partial charge in [0.15, 0.2) is 0 Å². The Morgan fingerprint density at radius 2 is 2.16 bits per heavy atom. The van der Waals surface area contributed by atoms with Gasteiger partial charge in [-0.15, -0.1) is 0 Å². The van der Waals surface area contributed by atoms with Gasteiger partial charge in [0.1, 0.15) is 0 Å². The van der Waals surface area contributed by atoms with Crippen molar-refractivity contribution in [3.63, 3.8) is 0 Å². The van der Waals surface area contributed by atoms with Gasteiger partial charge >= 0.3 is 0 Å². The van der Waals surface area contributed by atoms with E-state index in [2.05, 4.69) is 24.9 Å². The summed E-state index contributed by atoms with van der Waals surface area (Å²) in [6.45, 7) is 5.48. The van der Waals surface area contributed by atoms with E-state index >= 15 is 0 Å². The van der Waals surface area contributed by atoms with Gasteiger partial charge in [-0.05, 0) is 67.5 Å². The molecule has 19 heavy (non-hydrogen) atoms. The maximum Gasteiger partial charge on any atom is 0.0621 e. The van der Waals surface area contributed by atoms with Gasteiger partial charge < -0.3 is 5.73 Å². The molecule has 3 heteroatoms. The Morgan fingerprint density at radius 3 is 2.79 bits per heavy atom. The Labute approximate surface area is 121 Å². The van der Waals surface area contributed by atoms with E-state index in [0.29, 0.717) is 11.8 Å². The second kappa shape index (κ2) is 6.71. The zero-order chi connectivity index (χ0) is 13.8. The van der Waals surface area contributed by atoms with Crippen molar-refractivity contribution >= 4 is 11.6 Å². The van der Waals surface area contributed by atoms with E-state index in [9.17, 15) is 0 Å². The zero-order valence-electron chi connectivity index (χ0n) is 12.0. The van der Waals surface area contributed by atoms with Crippen LogP contribution in [0.1, 0.15) is 38.7 Å². The van der Waals surface area contributed by atoms with Crippen LogP contribution in [0.25, 0.3) is 0 Å². The van der Waals surface area contributed by atoms with Gasteiger partial charge in [0.05, 0.1) is 5.02 Å². The quantitative estimate of drug-likeness (QED) is 0.908. The fraction of sp³-hybridized carbons (Fsp3) is 0.688. The number of halogens is 1. The summed E-state index contributed by atoms with van der Waals surface area (Å²) < 4.78 is 0. The molecule has 1 fully saturated rings. The van der Waals surface area contributed by atoms with Crippen LogP contribution in [0.2, 0.25) is 5.02 Å². The minimum Gasteiger partial charge on any atom is -0.330 e. The number of hydrogen-bond donors (Lipinski definition) is 1. The van der Waals surface area contributed by atoms with Crippen LogP contribution in [0.5, 0.6) is 0 Å². The fourth-order valence-corrected chi connectivity index (χ4v) is 3.58. The zero-order valence-corrected chi connectivity index (χ0v) is 12.7. The summed E-state index contributed by atoms with van der Waals surface area (Å²) in [5.74, 6) is 2.94. The third-order valence-electron chi connectivity index (χ3n) is 4.76. The van der Waals surface area contributed by atoms with Crippen molar-refractivity contribution in [2.45, 2.75) is 39.5 Å². The Kier molecular flexibility index (Phi) is 5.23. The second-order valence-electron chi connectivity index (χ2n) is 6.24. The van der Waals surface area contributed by atoms with Crippen LogP contribution in [0.3, 0.4) is 0 Å². The lowest BCUT2D eigenvalue weighted by Gasteiger charge is -2.37. The van der Waals surface area contributed by atoms with Crippen molar-refractivity contribution in [2.75, 3.05) is 6.54 Å². The first-order valence-corrected chi connectivity index (χ1v) is 7.78. The van der Waals surface area contributed by atoms with Gasteiger partial charge in [0.25, 0.3) is 0 Å². The molecule has 1 saturated carbocycles. The van der Waals surface area contributed by atoms with Crippen molar-refractivity contribution < 1.29 is 0 Å². The summed E-state index contributed by atoms with van der Waals surface area (Å²) in [4.78, 5) is 4.06. The SMILES string of the molecule is CC(C)C1CCC(CN)C(Cc2ccncc2Cl)C1. The van der Waals surface area contributed by atoms with E-state index in [1.54, 1.807) is 6.20 Å². The lowest BCUT2D eigenvalue weighted by Crippen LogP contribution is -2.33. The predicted octanol–water partition coefficient (Wildman–Crippen LogP) is 3.92. The first-order chi connectivity index (χ1) is 9.11. The molecule has 1 aliphatic carbocycles. The number of nitrogens with two attached hydrogens (primary N) is 1. The minimum atomic E-state index is 0.652. The molecule has 0 saturated heterocycles. The van der Waals surface area contributed by atoms with Gasteiger partial charge in [-0.25, -0.2) is 0 Å². The van der Waals surface area contributed by atoms with Crippen LogP contribution in [0.15, 0.2) is 18.5 Å². The van der Waals surface area contributed by atoms with E-state index in [-0.39, 0.29) is 0 Å². The molecule has 0 radical (unpaired) electrons. The molecule has 2 nitrogen and oxygen atoms in total. The molecule has 1 aliphatic rings. The molecule has 0 aromatic carbocycles. The van der Waals surface area contributed by atoms with E-state index in [1.807, 2.05) is 6.20 Å². The average Bonchev–Trinajstić information content (AvgIpc) is 2.41. The summed E-state index contributed by atoms with van der Waals surface area (Å²) in [5, 5.41) is 0.796. The molecule has 0 bridgehead atoms. The van der Waals surface area contributed by atoms with Crippen LogP contribution >= 0.6 is 11.6 Å². The van der Waals surface area contributed by atoms with Crippen LogP contribution in [-0.4, -0.2) is 11.5 Å². The average molecular weight is 281 g/mol. The Morgan fingerprint density at radius 1 is 1.37 bits per heavy atom. The van der Waals surface area contributed by atoms with Crippen LogP contribution in [0, 0.1) is 23.7 Å². The number of pyridine rings is 1. The summed E-state index contributed by atoms with van der Waals surface area (Å²) >= 11 is 6.24. The topological polar surface area (TPSA) is 38.9 Å². The molecule has 3 unspecified atom stereocenters. The maximum atomic E-state index is 6.24. The summed E-state index contributed by atoms with van der Waals surface area (Å²) in [6, 6.07) is 2.05. The van der Waals surface area contributed by atoms with Crippen LogP contribution in [0.4, 0.5) is 0 Å². The molecule has 1 heterocycles. The Bertz CT molecular complexity index is 405. The minimum absolute atomic E-state index is 0.652. The highest BCUT2D eigenvalue weighted by Crippen LogP contribution is 2.39. The molecule has 3 atom stereocenters. The van der Waals surface area contributed by atoms with Gasteiger partial charge in [0.2, 0.25) is 0 Å². The fourth-order valence-electron chi connectivity index (χ4n) is 3.38. The maximum absolute atomic E-state index is 6.24. The van der Waals surface area contributed by atoms with Gasteiger partial charge in [-0.2, -0.15) is 0 Å². The third-order valence-corrected chi connectivity index (χ3v) is 5.10. The Balaban J connectivity index is 2.08. The van der Waals surface area contributed by atoms with Crippen LogP contribution < -0.4 is 5.73 Å².